The molecule has 2 rings (SSSR count). The van der Waals surface area contributed by atoms with E-state index in [-0.39, 0.29) is 5.78 Å². The van der Waals surface area contributed by atoms with Crippen molar-refractivity contribution < 1.29 is 4.79 Å². The van der Waals surface area contributed by atoms with Crippen molar-refractivity contribution in [2.45, 2.75) is 19.8 Å². The van der Waals surface area contributed by atoms with E-state index in [9.17, 15) is 4.79 Å². The first-order valence-corrected chi connectivity index (χ1v) is 5.64. The van der Waals surface area contributed by atoms with Gasteiger partial charge in [0, 0.05) is 25.1 Å². The molecule has 4 heteroatoms. The number of pyridine rings is 1. The van der Waals surface area contributed by atoms with Crippen molar-refractivity contribution >= 4 is 5.78 Å². The molecule has 0 aliphatic carbocycles. The molecule has 0 radical (unpaired) electrons. The van der Waals surface area contributed by atoms with Gasteiger partial charge in [0.2, 0.25) is 0 Å². The predicted molar refractivity (Wildman–Crippen MR) is 64.9 cm³/mol. The lowest BCUT2D eigenvalue weighted by Crippen LogP contribution is -2.04. The van der Waals surface area contributed by atoms with E-state index in [1.807, 2.05) is 18.3 Å². The molecule has 0 fully saturated rings. The molecule has 2 aromatic rings. The molecule has 0 aromatic carbocycles. The van der Waals surface area contributed by atoms with Crippen LogP contribution in [0, 0.1) is 0 Å². The number of ketones is 1. The Balaban J connectivity index is 2.07. The number of carbonyl (C=O) groups excluding carboxylic acids is 1. The number of carbonyl (C=O) groups is 1. The van der Waals surface area contributed by atoms with Crippen LogP contribution in [0.25, 0.3) is 0 Å². The zero-order valence-corrected chi connectivity index (χ0v) is 10.1. The molecule has 0 amide bonds. The summed E-state index contributed by atoms with van der Waals surface area (Å²) in [6, 6.07) is 3.92. The molecular weight excluding hydrogens is 214 g/mol. The van der Waals surface area contributed by atoms with E-state index in [1.165, 1.54) is 5.56 Å². The van der Waals surface area contributed by atoms with Crippen LogP contribution >= 0.6 is 0 Å². The second-order valence-electron chi connectivity index (χ2n) is 4.01. The molecule has 88 valence electrons. The molecule has 4 nitrogen and oxygen atoms in total. The van der Waals surface area contributed by atoms with Gasteiger partial charge in [-0.3, -0.25) is 14.5 Å². The Labute approximate surface area is 100 Å². The molecule has 0 spiro atoms. The van der Waals surface area contributed by atoms with Gasteiger partial charge in [-0.15, -0.1) is 0 Å². The van der Waals surface area contributed by atoms with E-state index in [2.05, 4.69) is 17.0 Å². The van der Waals surface area contributed by atoms with Crippen LogP contribution in [0.1, 0.15) is 28.5 Å². The average Bonchev–Trinajstić information content (AvgIpc) is 2.77. The molecule has 0 unspecified atom stereocenters. The van der Waals surface area contributed by atoms with Crippen LogP contribution in [-0.4, -0.2) is 20.5 Å². The van der Waals surface area contributed by atoms with E-state index < -0.39 is 0 Å². The first-order chi connectivity index (χ1) is 8.19. The first-order valence-electron chi connectivity index (χ1n) is 5.64. The van der Waals surface area contributed by atoms with E-state index in [1.54, 1.807) is 24.1 Å². The summed E-state index contributed by atoms with van der Waals surface area (Å²) in [7, 11) is 1.80. The Bertz CT molecular complexity index is 514. The number of aryl methyl sites for hydroxylation is 2. The standard InChI is InChI=1S/C13H15N3O/c1-3-10-4-5-12(14-7-10)6-13(17)11-8-15-16(2)9-11/h4-5,7-9H,3,6H2,1-2H3. The van der Waals surface area contributed by atoms with Crippen LogP contribution < -0.4 is 0 Å². The van der Waals surface area contributed by atoms with E-state index >= 15 is 0 Å². The van der Waals surface area contributed by atoms with Gasteiger partial charge in [0.15, 0.2) is 5.78 Å². The number of hydrogen-bond donors (Lipinski definition) is 0. The Hall–Kier alpha value is -1.97. The Morgan fingerprint density at radius 2 is 2.18 bits per heavy atom. The molecule has 0 saturated heterocycles. The van der Waals surface area contributed by atoms with Crippen LogP contribution in [0.3, 0.4) is 0 Å². The normalized spacial score (nSPS) is 10.5. The summed E-state index contributed by atoms with van der Waals surface area (Å²) in [6.07, 6.45) is 6.43. The Morgan fingerprint density at radius 3 is 2.71 bits per heavy atom. The average molecular weight is 229 g/mol. The molecular formula is C13H15N3O. The fourth-order valence-corrected chi connectivity index (χ4v) is 1.60. The summed E-state index contributed by atoms with van der Waals surface area (Å²) in [5.41, 5.74) is 2.62. The molecule has 0 N–H and O–H groups in total. The van der Waals surface area contributed by atoms with Gasteiger partial charge in [-0.1, -0.05) is 13.0 Å². The van der Waals surface area contributed by atoms with Crippen LogP contribution in [0.5, 0.6) is 0 Å². The highest BCUT2D eigenvalue weighted by Crippen LogP contribution is 2.06. The maximum absolute atomic E-state index is 11.9. The fourth-order valence-electron chi connectivity index (χ4n) is 1.60. The number of aromatic nitrogens is 3. The molecule has 0 saturated carbocycles. The summed E-state index contributed by atoms with van der Waals surface area (Å²) in [6.45, 7) is 2.08. The second-order valence-corrected chi connectivity index (χ2v) is 4.01. The topological polar surface area (TPSA) is 47.8 Å². The quantitative estimate of drug-likeness (QED) is 0.751. The molecule has 0 bridgehead atoms. The molecule has 0 aliphatic heterocycles. The molecule has 17 heavy (non-hydrogen) atoms. The third kappa shape index (κ3) is 2.78. The molecule has 0 atom stereocenters. The first kappa shape index (κ1) is 11.5. The molecule has 2 aromatic heterocycles. The second kappa shape index (κ2) is 4.91. The van der Waals surface area contributed by atoms with Gasteiger partial charge >= 0.3 is 0 Å². The third-order valence-electron chi connectivity index (χ3n) is 2.66. The monoisotopic (exact) mass is 229 g/mol. The highest BCUT2D eigenvalue weighted by Gasteiger charge is 2.09. The van der Waals surface area contributed by atoms with Crippen molar-refractivity contribution in [2.75, 3.05) is 0 Å². The number of hydrogen-bond acceptors (Lipinski definition) is 3. The summed E-state index contributed by atoms with van der Waals surface area (Å²) in [4.78, 5) is 16.2. The number of Topliss-reactive ketones (excluding diaryl/α,β-unsaturated/α-hetero) is 1. The van der Waals surface area contributed by atoms with Gasteiger partial charge in [-0.05, 0) is 18.1 Å². The van der Waals surface area contributed by atoms with Crippen LogP contribution in [0.4, 0.5) is 0 Å². The van der Waals surface area contributed by atoms with Gasteiger partial charge in [0.1, 0.15) is 0 Å². The zero-order valence-electron chi connectivity index (χ0n) is 10.1. The molecule has 0 aliphatic rings. The minimum atomic E-state index is 0.0508. The van der Waals surface area contributed by atoms with Crippen LogP contribution in [0.2, 0.25) is 0 Å². The predicted octanol–water partition coefficient (Wildman–Crippen LogP) is 1.80. The summed E-state index contributed by atoms with van der Waals surface area (Å²) < 4.78 is 1.63. The number of nitrogens with zero attached hydrogens (tertiary/aromatic N) is 3. The lowest BCUT2D eigenvalue weighted by molar-refractivity contribution is 0.0992. The summed E-state index contributed by atoms with van der Waals surface area (Å²) in [5, 5.41) is 3.98. The van der Waals surface area contributed by atoms with Crippen molar-refractivity contribution in [1.29, 1.82) is 0 Å². The van der Waals surface area contributed by atoms with Gasteiger partial charge in [-0.2, -0.15) is 5.10 Å². The molecule has 2 heterocycles. The summed E-state index contributed by atoms with van der Waals surface area (Å²) >= 11 is 0. The summed E-state index contributed by atoms with van der Waals surface area (Å²) in [5.74, 6) is 0.0508. The Morgan fingerprint density at radius 1 is 1.35 bits per heavy atom. The van der Waals surface area contributed by atoms with Crippen LogP contribution in [0.15, 0.2) is 30.7 Å². The lowest BCUT2D eigenvalue weighted by Gasteiger charge is -2.00. The highest BCUT2D eigenvalue weighted by molar-refractivity contribution is 5.96. The maximum Gasteiger partial charge on any atom is 0.171 e. The SMILES string of the molecule is CCc1ccc(CC(=O)c2cnn(C)c2)nc1. The number of rotatable bonds is 4. The minimum Gasteiger partial charge on any atom is -0.294 e. The fraction of sp³-hybridized carbons (Fsp3) is 0.308. The van der Waals surface area contributed by atoms with E-state index in [0.717, 1.165) is 12.1 Å². The van der Waals surface area contributed by atoms with Crippen molar-refractivity contribution in [1.82, 2.24) is 14.8 Å². The lowest BCUT2D eigenvalue weighted by atomic mass is 10.1. The van der Waals surface area contributed by atoms with Crippen molar-refractivity contribution in [2.24, 2.45) is 7.05 Å². The van der Waals surface area contributed by atoms with Gasteiger partial charge in [0.25, 0.3) is 0 Å². The van der Waals surface area contributed by atoms with Gasteiger partial charge in [0.05, 0.1) is 18.2 Å². The van der Waals surface area contributed by atoms with Crippen molar-refractivity contribution in [3.8, 4) is 0 Å². The smallest absolute Gasteiger partial charge is 0.171 e. The maximum atomic E-state index is 11.9. The van der Waals surface area contributed by atoms with Crippen molar-refractivity contribution in [3.63, 3.8) is 0 Å². The van der Waals surface area contributed by atoms with Crippen molar-refractivity contribution in [3.05, 3.63) is 47.5 Å². The van der Waals surface area contributed by atoms with Gasteiger partial charge < -0.3 is 0 Å². The van der Waals surface area contributed by atoms with E-state index in [4.69, 9.17) is 0 Å². The highest BCUT2D eigenvalue weighted by atomic mass is 16.1. The largest absolute Gasteiger partial charge is 0.294 e. The minimum absolute atomic E-state index is 0.0508. The zero-order chi connectivity index (χ0) is 12.3. The van der Waals surface area contributed by atoms with Gasteiger partial charge in [-0.25, -0.2) is 0 Å². The third-order valence-corrected chi connectivity index (χ3v) is 2.66. The van der Waals surface area contributed by atoms with E-state index in [0.29, 0.717) is 12.0 Å². The van der Waals surface area contributed by atoms with Crippen LogP contribution in [-0.2, 0) is 19.9 Å². The Kier molecular flexibility index (Phi) is 3.32.